The fraction of sp³-hybridized carbons (Fsp3) is 0.652. The second-order valence-corrected chi connectivity index (χ2v) is 8.71. The number of amides is 1. The molecule has 0 aromatic heterocycles. The largest absolute Gasteiger partial charge is 0.381 e. The van der Waals surface area contributed by atoms with Gasteiger partial charge in [0.15, 0.2) is 0 Å². The van der Waals surface area contributed by atoms with Crippen molar-refractivity contribution in [1.82, 2.24) is 9.80 Å². The summed E-state index contributed by atoms with van der Waals surface area (Å²) >= 11 is 0. The second-order valence-electron chi connectivity index (χ2n) is 8.71. The van der Waals surface area contributed by atoms with E-state index in [9.17, 15) is 10.1 Å². The van der Waals surface area contributed by atoms with Crippen LogP contribution < -0.4 is 0 Å². The summed E-state index contributed by atoms with van der Waals surface area (Å²) in [6.07, 6.45) is 5.60. The Hall–Kier alpha value is -1.90. The lowest BCUT2D eigenvalue weighted by Gasteiger charge is -2.41. The highest BCUT2D eigenvalue weighted by Gasteiger charge is 2.47. The van der Waals surface area contributed by atoms with E-state index in [0.717, 1.165) is 45.4 Å². The van der Waals surface area contributed by atoms with Gasteiger partial charge in [-0.3, -0.25) is 4.79 Å². The third kappa shape index (κ3) is 4.09. The van der Waals surface area contributed by atoms with Gasteiger partial charge in [-0.2, -0.15) is 5.26 Å². The first-order valence-corrected chi connectivity index (χ1v) is 10.8. The number of rotatable bonds is 5. The fourth-order valence-corrected chi connectivity index (χ4v) is 5.13. The average Bonchev–Trinajstić information content (AvgIpc) is 3.05. The summed E-state index contributed by atoms with van der Waals surface area (Å²) in [5, 5.41) is 9.80. The van der Waals surface area contributed by atoms with Gasteiger partial charge in [-0.05, 0) is 56.6 Å². The summed E-state index contributed by atoms with van der Waals surface area (Å²) in [7, 11) is 0. The fourth-order valence-electron chi connectivity index (χ4n) is 5.13. The maximum Gasteiger partial charge on any atom is 0.243 e. The van der Waals surface area contributed by atoms with Gasteiger partial charge in [0.1, 0.15) is 5.41 Å². The Labute approximate surface area is 168 Å². The van der Waals surface area contributed by atoms with Crippen molar-refractivity contribution in [2.75, 3.05) is 39.4 Å². The highest BCUT2D eigenvalue weighted by atomic mass is 16.5. The van der Waals surface area contributed by atoms with Gasteiger partial charge in [-0.25, -0.2) is 0 Å². The minimum Gasteiger partial charge on any atom is -0.381 e. The number of nitrogens with zero attached hydrogens (tertiary/aromatic N) is 3. The first-order valence-electron chi connectivity index (χ1n) is 10.8. The normalized spacial score (nSPS) is 27.2. The van der Waals surface area contributed by atoms with Crippen molar-refractivity contribution in [1.29, 1.82) is 5.26 Å². The standard InChI is InChI=1S/C23H31N3O2/c24-18-23(10-13-28-14-11-23)22(27)26-16-20-8-9-21(26)17-25(15-20)12-4-7-19-5-2-1-3-6-19/h1-3,5-6,20-21H,4,7-17H2/t20-,21+/m1/s1. The Morgan fingerprint density at radius 2 is 1.93 bits per heavy atom. The van der Waals surface area contributed by atoms with Gasteiger partial charge in [-0.1, -0.05) is 30.3 Å². The molecule has 2 atom stereocenters. The van der Waals surface area contributed by atoms with Crippen molar-refractivity contribution in [2.45, 2.75) is 44.6 Å². The first-order chi connectivity index (χ1) is 13.7. The maximum absolute atomic E-state index is 13.4. The lowest BCUT2D eigenvalue weighted by atomic mass is 9.79. The first kappa shape index (κ1) is 19.4. The molecule has 0 aliphatic carbocycles. The number of hydrogen-bond donors (Lipinski definition) is 0. The number of ether oxygens (including phenoxy) is 1. The molecule has 5 nitrogen and oxygen atoms in total. The Balaban J connectivity index is 1.38. The molecule has 28 heavy (non-hydrogen) atoms. The minimum atomic E-state index is -0.860. The second kappa shape index (κ2) is 8.63. The van der Waals surface area contributed by atoms with E-state index in [1.54, 1.807) is 0 Å². The van der Waals surface area contributed by atoms with Crippen LogP contribution in [-0.4, -0.2) is 61.1 Å². The van der Waals surface area contributed by atoms with Crippen LogP contribution in [0.15, 0.2) is 30.3 Å². The van der Waals surface area contributed by atoms with Crippen LogP contribution in [0.2, 0.25) is 0 Å². The molecule has 1 aromatic carbocycles. The molecule has 0 unspecified atom stereocenters. The predicted octanol–water partition coefficient (Wildman–Crippen LogP) is 2.86. The van der Waals surface area contributed by atoms with E-state index in [1.807, 2.05) is 0 Å². The quantitative estimate of drug-likeness (QED) is 0.787. The Bertz CT molecular complexity index is 708. The van der Waals surface area contributed by atoms with Crippen molar-refractivity contribution in [2.24, 2.45) is 11.3 Å². The SMILES string of the molecule is N#CC1(C(=O)N2C[C@@H]3CC[C@H]2CN(CCCc2ccccc2)C3)CCOCC1. The molecule has 0 radical (unpaired) electrons. The smallest absolute Gasteiger partial charge is 0.243 e. The molecule has 4 heterocycles. The van der Waals surface area contributed by atoms with E-state index in [0.29, 0.717) is 32.0 Å². The lowest BCUT2D eigenvalue weighted by Crippen LogP contribution is -2.54. The van der Waals surface area contributed by atoms with Crippen LogP contribution in [0.3, 0.4) is 0 Å². The van der Waals surface area contributed by atoms with Crippen LogP contribution in [-0.2, 0) is 16.0 Å². The molecule has 5 rings (SSSR count). The van der Waals surface area contributed by atoms with Gasteiger partial charge >= 0.3 is 0 Å². The van der Waals surface area contributed by atoms with Crippen LogP contribution >= 0.6 is 0 Å². The number of aryl methyl sites for hydroxylation is 1. The number of piperidine rings is 1. The average molecular weight is 382 g/mol. The number of benzene rings is 1. The van der Waals surface area contributed by atoms with Crippen molar-refractivity contribution >= 4 is 5.91 Å². The number of fused-ring (bicyclic) bond motifs is 4. The maximum atomic E-state index is 13.4. The Morgan fingerprint density at radius 1 is 1.14 bits per heavy atom. The summed E-state index contributed by atoms with van der Waals surface area (Å²) in [6, 6.07) is 13.3. The summed E-state index contributed by atoms with van der Waals surface area (Å²) < 4.78 is 5.42. The van der Waals surface area contributed by atoms with Gasteiger partial charge in [0.25, 0.3) is 0 Å². The molecule has 2 bridgehead atoms. The van der Waals surface area contributed by atoms with E-state index in [4.69, 9.17) is 4.74 Å². The molecule has 0 N–H and O–H groups in total. The summed E-state index contributed by atoms with van der Waals surface area (Å²) in [4.78, 5) is 18.0. The van der Waals surface area contributed by atoms with Gasteiger partial charge in [0.05, 0.1) is 6.07 Å². The summed E-state index contributed by atoms with van der Waals surface area (Å²) in [6.45, 7) is 4.98. The zero-order valence-electron chi connectivity index (χ0n) is 16.7. The lowest BCUT2D eigenvalue weighted by molar-refractivity contribution is -0.147. The molecule has 1 amide bonds. The van der Waals surface area contributed by atoms with Crippen molar-refractivity contribution in [3.05, 3.63) is 35.9 Å². The third-order valence-electron chi connectivity index (χ3n) is 6.80. The van der Waals surface area contributed by atoms with Crippen LogP contribution in [0.4, 0.5) is 0 Å². The number of carbonyl (C=O) groups excluding carboxylic acids is 1. The summed E-state index contributed by atoms with van der Waals surface area (Å²) in [5.74, 6) is 0.606. The molecule has 0 spiro atoms. The van der Waals surface area contributed by atoms with Crippen molar-refractivity contribution in [3.63, 3.8) is 0 Å². The zero-order chi connectivity index (χ0) is 19.4. The number of carbonyl (C=O) groups is 1. The molecular formula is C23H31N3O2. The molecule has 150 valence electrons. The Morgan fingerprint density at radius 3 is 2.68 bits per heavy atom. The van der Waals surface area contributed by atoms with E-state index in [1.165, 1.54) is 12.0 Å². The molecule has 1 aromatic rings. The third-order valence-corrected chi connectivity index (χ3v) is 6.80. The van der Waals surface area contributed by atoms with Gasteiger partial charge in [0.2, 0.25) is 5.91 Å². The summed E-state index contributed by atoms with van der Waals surface area (Å²) in [5.41, 5.74) is 0.536. The molecule has 5 heteroatoms. The molecule has 4 aliphatic heterocycles. The monoisotopic (exact) mass is 381 g/mol. The van der Waals surface area contributed by atoms with Crippen LogP contribution in [0.25, 0.3) is 0 Å². The van der Waals surface area contributed by atoms with Gasteiger partial charge in [0, 0.05) is 38.9 Å². The van der Waals surface area contributed by atoms with Crippen molar-refractivity contribution < 1.29 is 9.53 Å². The molecule has 0 saturated carbocycles. The van der Waals surface area contributed by atoms with Crippen molar-refractivity contribution in [3.8, 4) is 6.07 Å². The highest BCUT2D eigenvalue weighted by Crippen LogP contribution is 2.36. The van der Waals surface area contributed by atoms with Crippen LogP contribution in [0.5, 0.6) is 0 Å². The highest BCUT2D eigenvalue weighted by molar-refractivity contribution is 5.86. The van der Waals surface area contributed by atoms with E-state index in [-0.39, 0.29) is 11.9 Å². The topological polar surface area (TPSA) is 56.6 Å². The molecule has 4 saturated heterocycles. The Kier molecular flexibility index (Phi) is 5.99. The van der Waals surface area contributed by atoms with E-state index in [2.05, 4.69) is 46.2 Å². The minimum absolute atomic E-state index is 0.0686. The van der Waals surface area contributed by atoms with E-state index >= 15 is 0 Å². The van der Waals surface area contributed by atoms with Crippen LogP contribution in [0.1, 0.15) is 37.7 Å². The van der Waals surface area contributed by atoms with Gasteiger partial charge < -0.3 is 14.5 Å². The predicted molar refractivity (Wildman–Crippen MR) is 108 cm³/mol. The molecule has 4 aliphatic rings. The van der Waals surface area contributed by atoms with Crippen LogP contribution in [0, 0.1) is 22.7 Å². The molecule has 4 fully saturated rings. The zero-order valence-corrected chi connectivity index (χ0v) is 16.7. The van der Waals surface area contributed by atoms with E-state index < -0.39 is 5.41 Å². The molecular weight excluding hydrogens is 350 g/mol. The van der Waals surface area contributed by atoms with Gasteiger partial charge in [-0.15, -0.1) is 0 Å². The number of hydrogen-bond acceptors (Lipinski definition) is 4. The number of nitriles is 1.